The highest BCUT2D eigenvalue weighted by Gasteiger charge is 2.48. The van der Waals surface area contributed by atoms with Gasteiger partial charge >= 0.3 is 11.5 Å². The average molecular weight is 217 g/mol. The number of ether oxygens (including phenoxy) is 1. The summed E-state index contributed by atoms with van der Waals surface area (Å²) in [5.74, 6) is -1.45. The lowest BCUT2D eigenvalue weighted by Gasteiger charge is -2.19. The lowest BCUT2D eigenvalue weighted by Crippen LogP contribution is -2.46. The predicted molar refractivity (Wildman–Crippen MR) is 51.9 cm³/mol. The maximum atomic E-state index is 11.4. The molecule has 0 aliphatic carbocycles. The third kappa shape index (κ3) is 3.30. The molecule has 2 atom stereocenters. The van der Waals surface area contributed by atoms with E-state index in [1.54, 1.807) is 6.92 Å². The van der Waals surface area contributed by atoms with Crippen molar-refractivity contribution in [1.29, 1.82) is 0 Å². The standard InChI is InChI=1S/C9H15NO5/c1-4-15-8(12)9(3,10(13)14)5-7(2)6-11/h6-7H,4-5H2,1-3H3/t7-,9+/m0/s1. The molecule has 0 N–H and O–H groups in total. The quantitative estimate of drug-likeness (QED) is 0.284. The van der Waals surface area contributed by atoms with Gasteiger partial charge in [0.15, 0.2) is 0 Å². The molecule has 0 aliphatic rings. The number of nitro groups is 1. The van der Waals surface area contributed by atoms with E-state index in [1.807, 2.05) is 0 Å². The van der Waals surface area contributed by atoms with Gasteiger partial charge < -0.3 is 9.53 Å². The van der Waals surface area contributed by atoms with Crippen LogP contribution in [0, 0.1) is 16.0 Å². The van der Waals surface area contributed by atoms with Crippen LogP contribution in [0.3, 0.4) is 0 Å². The summed E-state index contributed by atoms with van der Waals surface area (Å²) in [6.07, 6.45) is 0.434. The Bertz CT molecular complexity index is 265. The predicted octanol–water partition coefficient (Wildman–Crippen LogP) is 0.810. The lowest BCUT2D eigenvalue weighted by atomic mass is 9.91. The van der Waals surface area contributed by atoms with Crippen molar-refractivity contribution in [1.82, 2.24) is 0 Å². The van der Waals surface area contributed by atoms with Crippen LogP contribution in [0.15, 0.2) is 0 Å². The highest BCUT2D eigenvalue weighted by Crippen LogP contribution is 2.21. The van der Waals surface area contributed by atoms with Crippen molar-refractivity contribution in [3.8, 4) is 0 Å². The zero-order chi connectivity index (χ0) is 12.1. The Labute approximate surface area is 87.7 Å². The van der Waals surface area contributed by atoms with E-state index in [1.165, 1.54) is 13.8 Å². The Morgan fingerprint density at radius 3 is 2.53 bits per heavy atom. The fourth-order valence-electron chi connectivity index (χ4n) is 1.19. The topological polar surface area (TPSA) is 86.5 Å². The van der Waals surface area contributed by atoms with Crippen molar-refractivity contribution in [3.05, 3.63) is 10.1 Å². The third-order valence-corrected chi connectivity index (χ3v) is 2.07. The SMILES string of the molecule is CCOC(=O)[C@@](C)(C[C@H](C)C=O)[N+](=O)[O-]. The van der Waals surface area contributed by atoms with E-state index >= 15 is 0 Å². The van der Waals surface area contributed by atoms with E-state index in [4.69, 9.17) is 0 Å². The molecule has 0 saturated heterocycles. The minimum absolute atomic E-state index is 0.0811. The van der Waals surface area contributed by atoms with Crippen molar-refractivity contribution >= 4 is 12.3 Å². The molecule has 0 aromatic heterocycles. The van der Waals surface area contributed by atoms with Crippen LogP contribution in [0.1, 0.15) is 27.2 Å². The largest absolute Gasteiger partial charge is 0.461 e. The fourth-order valence-corrected chi connectivity index (χ4v) is 1.19. The smallest absolute Gasteiger partial charge is 0.384 e. The number of hydrogen-bond acceptors (Lipinski definition) is 5. The van der Waals surface area contributed by atoms with Crippen molar-refractivity contribution < 1.29 is 19.2 Å². The van der Waals surface area contributed by atoms with Crippen LogP contribution >= 0.6 is 0 Å². The Balaban J connectivity index is 4.81. The van der Waals surface area contributed by atoms with Crippen molar-refractivity contribution in [2.24, 2.45) is 5.92 Å². The molecule has 15 heavy (non-hydrogen) atoms. The van der Waals surface area contributed by atoms with E-state index < -0.39 is 22.3 Å². The molecule has 0 radical (unpaired) electrons. The van der Waals surface area contributed by atoms with Gasteiger partial charge in [-0.15, -0.1) is 0 Å². The van der Waals surface area contributed by atoms with Crippen LogP contribution in [0.25, 0.3) is 0 Å². The van der Waals surface area contributed by atoms with Gasteiger partial charge in [0.25, 0.3) is 0 Å². The minimum atomic E-state index is -1.84. The Morgan fingerprint density at radius 1 is 1.67 bits per heavy atom. The molecular weight excluding hydrogens is 202 g/mol. The minimum Gasteiger partial charge on any atom is -0.461 e. The Hall–Kier alpha value is -1.46. The summed E-state index contributed by atoms with van der Waals surface area (Å²) in [7, 11) is 0. The first kappa shape index (κ1) is 13.5. The monoisotopic (exact) mass is 217 g/mol. The van der Waals surface area contributed by atoms with Crippen LogP contribution in [-0.2, 0) is 14.3 Å². The number of rotatable bonds is 6. The van der Waals surface area contributed by atoms with Crippen molar-refractivity contribution in [2.45, 2.75) is 32.7 Å². The highest BCUT2D eigenvalue weighted by atomic mass is 16.6. The highest BCUT2D eigenvalue weighted by molar-refractivity contribution is 5.79. The van der Waals surface area contributed by atoms with Gasteiger partial charge in [0.2, 0.25) is 0 Å². The van der Waals surface area contributed by atoms with Crippen LogP contribution in [0.4, 0.5) is 0 Å². The number of hydrogen-bond donors (Lipinski definition) is 0. The number of esters is 1. The van der Waals surface area contributed by atoms with E-state index in [9.17, 15) is 19.7 Å². The van der Waals surface area contributed by atoms with Crippen LogP contribution in [0.5, 0.6) is 0 Å². The summed E-state index contributed by atoms with van der Waals surface area (Å²) >= 11 is 0. The summed E-state index contributed by atoms with van der Waals surface area (Å²) in [4.78, 5) is 31.9. The van der Waals surface area contributed by atoms with Crippen LogP contribution in [-0.4, -0.2) is 29.3 Å². The normalized spacial score (nSPS) is 16.2. The maximum absolute atomic E-state index is 11.4. The summed E-state index contributed by atoms with van der Waals surface area (Å²) < 4.78 is 4.62. The first-order valence-corrected chi connectivity index (χ1v) is 4.65. The molecule has 0 amide bonds. The molecule has 0 unspecified atom stereocenters. The second-order valence-corrected chi connectivity index (χ2v) is 3.57. The summed E-state index contributed by atoms with van der Waals surface area (Å²) in [5.41, 5.74) is -1.84. The van der Waals surface area contributed by atoms with E-state index in [0.29, 0.717) is 6.29 Å². The van der Waals surface area contributed by atoms with Gasteiger partial charge in [0, 0.05) is 24.2 Å². The van der Waals surface area contributed by atoms with Gasteiger partial charge in [-0.3, -0.25) is 10.1 Å². The van der Waals surface area contributed by atoms with Gasteiger partial charge in [-0.1, -0.05) is 6.92 Å². The number of nitrogens with zero attached hydrogens (tertiary/aromatic N) is 1. The molecule has 6 heteroatoms. The number of carbonyl (C=O) groups is 2. The number of carbonyl (C=O) groups excluding carboxylic acids is 2. The lowest BCUT2D eigenvalue weighted by molar-refractivity contribution is -0.552. The zero-order valence-electron chi connectivity index (χ0n) is 9.06. The fraction of sp³-hybridized carbons (Fsp3) is 0.778. The van der Waals surface area contributed by atoms with Crippen molar-refractivity contribution in [3.63, 3.8) is 0 Å². The second kappa shape index (κ2) is 5.43. The van der Waals surface area contributed by atoms with Gasteiger partial charge in [-0.05, 0) is 6.92 Å². The van der Waals surface area contributed by atoms with Crippen LogP contribution in [0.2, 0.25) is 0 Å². The molecular formula is C9H15NO5. The first-order chi connectivity index (χ1) is 6.88. The maximum Gasteiger partial charge on any atom is 0.384 e. The van der Waals surface area contributed by atoms with Gasteiger partial charge in [0.05, 0.1) is 6.61 Å². The molecule has 0 fully saturated rings. The van der Waals surface area contributed by atoms with E-state index in [0.717, 1.165) is 0 Å². The molecule has 0 heterocycles. The summed E-state index contributed by atoms with van der Waals surface area (Å²) in [6.45, 7) is 4.35. The molecule has 0 spiro atoms. The average Bonchev–Trinajstić information content (AvgIpc) is 2.17. The second-order valence-electron chi connectivity index (χ2n) is 3.57. The Kier molecular flexibility index (Phi) is 4.90. The molecule has 0 aromatic carbocycles. The van der Waals surface area contributed by atoms with Gasteiger partial charge in [-0.25, -0.2) is 4.79 Å². The molecule has 0 aliphatic heterocycles. The molecule has 0 aromatic rings. The zero-order valence-corrected chi connectivity index (χ0v) is 9.06. The van der Waals surface area contributed by atoms with Gasteiger partial charge in [0.1, 0.15) is 6.29 Å². The van der Waals surface area contributed by atoms with Crippen molar-refractivity contribution in [2.75, 3.05) is 6.61 Å². The summed E-state index contributed by atoms with van der Waals surface area (Å²) in [5, 5.41) is 10.8. The molecule has 0 saturated carbocycles. The molecule has 6 nitrogen and oxygen atoms in total. The molecule has 0 rings (SSSR count). The third-order valence-electron chi connectivity index (χ3n) is 2.07. The number of aldehydes is 1. The van der Waals surface area contributed by atoms with Crippen LogP contribution < -0.4 is 0 Å². The molecule has 0 bridgehead atoms. The first-order valence-electron chi connectivity index (χ1n) is 4.65. The Morgan fingerprint density at radius 2 is 2.20 bits per heavy atom. The molecule has 86 valence electrons. The van der Waals surface area contributed by atoms with Gasteiger partial charge in [-0.2, -0.15) is 0 Å². The van der Waals surface area contributed by atoms with E-state index in [-0.39, 0.29) is 13.0 Å². The summed E-state index contributed by atoms with van der Waals surface area (Å²) in [6, 6.07) is 0. The van der Waals surface area contributed by atoms with E-state index in [2.05, 4.69) is 4.74 Å².